The number of anilines is 1. The number of hydrogen-bond acceptors (Lipinski definition) is 4. The molecule has 0 saturated heterocycles. The Labute approximate surface area is 216 Å². The minimum absolute atomic E-state index is 0.325. The molecular weight excluding hydrogens is 464 g/mol. The van der Waals surface area contributed by atoms with E-state index >= 15 is 0 Å². The molecule has 0 aromatic heterocycles. The molecule has 1 heterocycles. The average molecular weight is 495 g/mol. The topological polar surface area (TPSA) is 79.2 Å². The van der Waals surface area contributed by atoms with E-state index in [1.54, 1.807) is 12.3 Å². The number of ether oxygens (including phenoxy) is 1. The van der Waals surface area contributed by atoms with Crippen LogP contribution in [0.25, 0.3) is 17.2 Å². The monoisotopic (exact) mass is 494 g/mol. The van der Waals surface area contributed by atoms with Gasteiger partial charge in [-0.05, 0) is 71.9 Å². The molecule has 188 valence electrons. The van der Waals surface area contributed by atoms with Crippen LogP contribution in [0.1, 0.15) is 43.2 Å². The fourth-order valence-electron chi connectivity index (χ4n) is 5.48. The molecule has 0 spiro atoms. The van der Waals surface area contributed by atoms with Crippen LogP contribution in [0.2, 0.25) is 0 Å². The van der Waals surface area contributed by atoms with Gasteiger partial charge in [0.2, 0.25) is 6.41 Å². The van der Waals surface area contributed by atoms with E-state index in [-0.39, 0.29) is 5.54 Å². The Balaban J connectivity index is 1.41. The van der Waals surface area contributed by atoms with Crippen LogP contribution in [0.15, 0.2) is 77.8 Å². The van der Waals surface area contributed by atoms with Crippen LogP contribution in [0.5, 0.6) is 5.75 Å². The highest BCUT2D eigenvalue weighted by Gasteiger charge is 2.38. The second kappa shape index (κ2) is 10.8. The highest BCUT2D eigenvalue weighted by atomic mass is 16.5. The molecular formula is C31H30N2O4. The van der Waals surface area contributed by atoms with Crippen molar-refractivity contribution in [1.29, 1.82) is 0 Å². The first kappa shape index (κ1) is 24.5. The maximum absolute atomic E-state index is 12.5. The largest absolute Gasteiger partial charge is 0.486 e. The number of aliphatic carboxylic acids is 1. The van der Waals surface area contributed by atoms with Gasteiger partial charge in [-0.2, -0.15) is 0 Å². The first-order valence-corrected chi connectivity index (χ1v) is 12.7. The summed E-state index contributed by atoms with van der Waals surface area (Å²) in [5.74, 6) is -0.200. The predicted molar refractivity (Wildman–Crippen MR) is 147 cm³/mol. The molecule has 2 aliphatic rings. The van der Waals surface area contributed by atoms with Crippen molar-refractivity contribution in [3.05, 3.63) is 83.9 Å². The van der Waals surface area contributed by atoms with Gasteiger partial charge in [-0.3, -0.25) is 9.79 Å². The molecule has 5 rings (SSSR count). The SMILES string of the molecule is O=CN(c1cccc(/C=C/C(=O)O)c1)C1(Cc2ccc(-c3ccc4c(c3)OCC=N4)cc2)CCCCC1. The van der Waals surface area contributed by atoms with Crippen LogP contribution in [-0.4, -0.2) is 35.8 Å². The number of amides is 1. The normalized spacial score (nSPS) is 16.1. The van der Waals surface area contributed by atoms with Crippen molar-refractivity contribution in [3.8, 4) is 16.9 Å². The Morgan fingerprint density at radius 3 is 2.54 bits per heavy atom. The molecule has 0 atom stereocenters. The number of carbonyl (C=O) groups is 2. The van der Waals surface area contributed by atoms with Gasteiger partial charge in [0.15, 0.2) is 0 Å². The van der Waals surface area contributed by atoms with E-state index in [0.29, 0.717) is 6.61 Å². The zero-order chi connectivity index (χ0) is 25.7. The van der Waals surface area contributed by atoms with Crippen LogP contribution < -0.4 is 9.64 Å². The summed E-state index contributed by atoms with van der Waals surface area (Å²) in [5, 5.41) is 8.99. The highest BCUT2D eigenvalue weighted by molar-refractivity contribution is 5.86. The first-order valence-electron chi connectivity index (χ1n) is 12.7. The minimum Gasteiger partial charge on any atom is -0.486 e. The molecule has 6 nitrogen and oxygen atoms in total. The minimum atomic E-state index is -0.999. The molecule has 37 heavy (non-hydrogen) atoms. The van der Waals surface area contributed by atoms with Crippen molar-refractivity contribution in [2.45, 2.75) is 44.1 Å². The van der Waals surface area contributed by atoms with Gasteiger partial charge in [-0.1, -0.05) is 61.7 Å². The summed E-state index contributed by atoms with van der Waals surface area (Å²) >= 11 is 0. The maximum Gasteiger partial charge on any atom is 0.328 e. The van der Waals surface area contributed by atoms with Gasteiger partial charge in [-0.25, -0.2) is 4.79 Å². The third-order valence-electron chi connectivity index (χ3n) is 7.29. The number of aliphatic imine (C=N–C) groups is 1. The molecule has 1 fully saturated rings. The van der Waals surface area contributed by atoms with Gasteiger partial charge >= 0.3 is 5.97 Å². The number of carboxylic acids is 1. The molecule has 0 bridgehead atoms. The van der Waals surface area contributed by atoms with Crippen molar-refractivity contribution >= 4 is 36.0 Å². The number of hydrogen-bond donors (Lipinski definition) is 1. The molecule has 1 aliphatic carbocycles. The van der Waals surface area contributed by atoms with E-state index in [0.717, 1.165) is 78.4 Å². The van der Waals surface area contributed by atoms with Gasteiger partial charge in [0, 0.05) is 18.0 Å². The quantitative estimate of drug-likeness (QED) is 0.288. The number of nitrogens with zero attached hydrogens (tertiary/aromatic N) is 2. The van der Waals surface area contributed by atoms with E-state index in [1.807, 2.05) is 41.3 Å². The Morgan fingerprint density at radius 1 is 1.00 bits per heavy atom. The Kier molecular flexibility index (Phi) is 7.17. The van der Waals surface area contributed by atoms with Gasteiger partial charge in [-0.15, -0.1) is 0 Å². The second-order valence-corrected chi connectivity index (χ2v) is 9.71. The zero-order valence-electron chi connectivity index (χ0n) is 20.7. The third-order valence-corrected chi connectivity index (χ3v) is 7.29. The summed E-state index contributed by atoms with van der Waals surface area (Å²) in [4.78, 5) is 29.7. The van der Waals surface area contributed by atoms with Crippen molar-refractivity contribution in [3.63, 3.8) is 0 Å². The second-order valence-electron chi connectivity index (χ2n) is 9.71. The van der Waals surface area contributed by atoms with E-state index in [4.69, 9.17) is 9.84 Å². The van der Waals surface area contributed by atoms with Crippen LogP contribution >= 0.6 is 0 Å². The van der Waals surface area contributed by atoms with Crippen LogP contribution in [-0.2, 0) is 16.0 Å². The van der Waals surface area contributed by atoms with Gasteiger partial charge in [0.1, 0.15) is 18.0 Å². The first-order chi connectivity index (χ1) is 18.1. The van der Waals surface area contributed by atoms with Crippen LogP contribution in [0, 0.1) is 0 Å². The highest BCUT2D eigenvalue weighted by Crippen LogP contribution is 2.40. The number of rotatable bonds is 8. The van der Waals surface area contributed by atoms with Crippen molar-refractivity contribution < 1.29 is 19.4 Å². The average Bonchev–Trinajstić information content (AvgIpc) is 2.93. The Bertz CT molecular complexity index is 1340. The number of benzene rings is 3. The smallest absolute Gasteiger partial charge is 0.328 e. The van der Waals surface area contributed by atoms with E-state index in [1.165, 1.54) is 12.0 Å². The van der Waals surface area contributed by atoms with Gasteiger partial charge in [0.25, 0.3) is 0 Å². The molecule has 0 unspecified atom stereocenters. The predicted octanol–water partition coefficient (Wildman–Crippen LogP) is 6.45. The lowest BCUT2D eigenvalue weighted by Crippen LogP contribution is -2.51. The van der Waals surface area contributed by atoms with Crippen molar-refractivity contribution in [2.75, 3.05) is 11.5 Å². The van der Waals surface area contributed by atoms with Crippen LogP contribution in [0.4, 0.5) is 11.4 Å². The van der Waals surface area contributed by atoms with Crippen LogP contribution in [0.3, 0.4) is 0 Å². The zero-order valence-corrected chi connectivity index (χ0v) is 20.7. The molecule has 3 aromatic carbocycles. The standard InChI is InChI=1S/C31H30N2O4/c34-22-33(27-6-4-5-23(19-27)9-14-30(35)36)31(15-2-1-3-16-31)21-24-7-10-25(11-8-24)26-12-13-28-29(20-26)37-18-17-32-28/h4-14,17,19-20,22H,1-3,15-16,18,21H2,(H,35,36)/b14-9+. The third kappa shape index (κ3) is 5.48. The number of fused-ring (bicyclic) bond motifs is 1. The maximum atomic E-state index is 12.5. The number of carbonyl (C=O) groups excluding carboxylic acids is 1. The Hall–Kier alpha value is -4.19. The summed E-state index contributed by atoms with van der Waals surface area (Å²) in [5.41, 5.74) is 5.43. The summed E-state index contributed by atoms with van der Waals surface area (Å²) < 4.78 is 5.72. The van der Waals surface area contributed by atoms with Gasteiger partial charge < -0.3 is 14.7 Å². The van der Waals surface area contributed by atoms with E-state index in [2.05, 4.69) is 35.3 Å². The lowest BCUT2D eigenvalue weighted by Gasteiger charge is -2.45. The lowest BCUT2D eigenvalue weighted by atomic mass is 9.76. The molecule has 3 aromatic rings. The molecule has 6 heteroatoms. The Morgan fingerprint density at radius 2 is 1.78 bits per heavy atom. The van der Waals surface area contributed by atoms with E-state index in [9.17, 15) is 9.59 Å². The van der Waals surface area contributed by atoms with Crippen molar-refractivity contribution in [2.24, 2.45) is 4.99 Å². The fraction of sp³-hybridized carbons (Fsp3) is 0.258. The van der Waals surface area contributed by atoms with Gasteiger partial charge in [0.05, 0.1) is 5.54 Å². The van der Waals surface area contributed by atoms with E-state index < -0.39 is 5.97 Å². The molecule has 1 saturated carbocycles. The summed E-state index contributed by atoms with van der Waals surface area (Å²) in [6.45, 7) is 0.490. The molecule has 1 aliphatic heterocycles. The summed E-state index contributed by atoms with van der Waals surface area (Å²) in [6.07, 6.45) is 11.3. The molecule has 0 radical (unpaired) electrons. The lowest BCUT2D eigenvalue weighted by molar-refractivity contribution is -0.131. The van der Waals surface area contributed by atoms with Crippen molar-refractivity contribution in [1.82, 2.24) is 0 Å². The number of carboxylic acid groups (broad SMARTS) is 1. The summed E-state index contributed by atoms with van der Waals surface area (Å²) in [7, 11) is 0. The molecule has 1 N–H and O–H groups in total. The fourth-order valence-corrected chi connectivity index (χ4v) is 5.48. The summed E-state index contributed by atoms with van der Waals surface area (Å²) in [6, 6.07) is 22.1. The molecule has 1 amide bonds.